The zero-order valence-electron chi connectivity index (χ0n) is 19.6. The standard InChI is InChI=1S/C26H33NO5S/c1-5-6-7-8-19-16-22(28)24(21-15-18(4)9-10-20(21)17(2)3)25(29)23(19)26(30)27-11-13-33(31,32)14-12-27/h9-10,15-16,28-29H,2,5-8,11-14H2,1,3-4H3. The number of carbonyl (C=O) groups is 1. The number of aryl methyl sites for hydroxylation is 2. The molecule has 0 saturated carbocycles. The molecule has 3 rings (SSSR count). The SMILES string of the molecule is C=C(C)c1ccc(C)cc1-c1c(O)cc(CCCCC)c(C(=O)N2CCS(=O)(=O)CC2)c1O. The Hall–Kier alpha value is -2.80. The number of nitrogens with zero attached hydrogens (tertiary/aromatic N) is 1. The molecule has 0 atom stereocenters. The highest BCUT2D eigenvalue weighted by molar-refractivity contribution is 7.91. The topological polar surface area (TPSA) is 94.9 Å². The van der Waals surface area contributed by atoms with Crippen molar-refractivity contribution in [3.63, 3.8) is 0 Å². The molecule has 33 heavy (non-hydrogen) atoms. The highest BCUT2D eigenvalue weighted by Gasteiger charge is 2.31. The molecular weight excluding hydrogens is 438 g/mol. The summed E-state index contributed by atoms with van der Waals surface area (Å²) in [4.78, 5) is 15.0. The lowest BCUT2D eigenvalue weighted by Crippen LogP contribution is -2.44. The van der Waals surface area contributed by atoms with Crippen molar-refractivity contribution in [2.45, 2.75) is 46.5 Å². The zero-order valence-corrected chi connectivity index (χ0v) is 20.5. The number of hydrogen-bond acceptors (Lipinski definition) is 5. The second-order valence-corrected chi connectivity index (χ2v) is 11.2. The molecule has 0 unspecified atom stereocenters. The van der Waals surface area contributed by atoms with Gasteiger partial charge in [-0.2, -0.15) is 0 Å². The van der Waals surface area contributed by atoms with E-state index in [1.165, 1.54) is 4.90 Å². The zero-order chi connectivity index (χ0) is 24.3. The Balaban J connectivity index is 2.17. The fourth-order valence-electron chi connectivity index (χ4n) is 4.29. The average molecular weight is 472 g/mol. The van der Waals surface area contributed by atoms with Gasteiger partial charge in [-0.3, -0.25) is 4.79 Å². The van der Waals surface area contributed by atoms with Gasteiger partial charge in [-0.05, 0) is 49.4 Å². The quantitative estimate of drug-likeness (QED) is 0.570. The number of phenolic OH excluding ortho intramolecular Hbond substituents is 2. The summed E-state index contributed by atoms with van der Waals surface area (Å²) < 4.78 is 23.7. The van der Waals surface area contributed by atoms with Crippen molar-refractivity contribution < 1.29 is 23.4 Å². The Morgan fingerprint density at radius 2 is 1.79 bits per heavy atom. The minimum absolute atomic E-state index is 0.0900. The third kappa shape index (κ3) is 5.41. The normalized spacial score (nSPS) is 15.4. The maximum absolute atomic E-state index is 13.5. The van der Waals surface area contributed by atoms with E-state index in [1.807, 2.05) is 32.0 Å². The van der Waals surface area contributed by atoms with Crippen LogP contribution in [-0.4, -0.2) is 54.0 Å². The van der Waals surface area contributed by atoms with Crippen molar-refractivity contribution >= 4 is 21.3 Å². The monoisotopic (exact) mass is 471 g/mol. The van der Waals surface area contributed by atoms with Crippen molar-refractivity contribution in [1.29, 1.82) is 0 Å². The summed E-state index contributed by atoms with van der Waals surface area (Å²) in [5, 5.41) is 22.4. The van der Waals surface area contributed by atoms with Crippen molar-refractivity contribution in [2.24, 2.45) is 0 Å². The molecule has 1 saturated heterocycles. The van der Waals surface area contributed by atoms with E-state index < -0.39 is 15.7 Å². The maximum atomic E-state index is 13.5. The van der Waals surface area contributed by atoms with E-state index >= 15 is 0 Å². The fourth-order valence-corrected chi connectivity index (χ4v) is 5.49. The minimum atomic E-state index is -3.15. The Bertz CT molecular complexity index is 1170. The van der Waals surface area contributed by atoms with E-state index in [4.69, 9.17) is 0 Å². The molecule has 0 bridgehead atoms. The molecule has 1 aliphatic rings. The van der Waals surface area contributed by atoms with Crippen LogP contribution in [0.2, 0.25) is 0 Å². The number of benzene rings is 2. The van der Waals surface area contributed by atoms with Crippen LogP contribution in [0.15, 0.2) is 30.8 Å². The van der Waals surface area contributed by atoms with E-state index in [-0.39, 0.29) is 47.2 Å². The first kappa shape index (κ1) is 24.8. The summed E-state index contributed by atoms with van der Waals surface area (Å²) in [5.74, 6) is -0.946. The van der Waals surface area contributed by atoms with Gasteiger partial charge in [0.2, 0.25) is 0 Å². The van der Waals surface area contributed by atoms with Crippen molar-refractivity contribution in [3.8, 4) is 22.6 Å². The van der Waals surface area contributed by atoms with E-state index in [1.54, 1.807) is 6.07 Å². The number of allylic oxidation sites excluding steroid dienone is 1. The van der Waals surface area contributed by atoms with Gasteiger partial charge in [0.25, 0.3) is 5.91 Å². The number of rotatable bonds is 7. The number of sulfone groups is 1. The second kappa shape index (κ2) is 10.00. The molecule has 2 N–H and O–H groups in total. The van der Waals surface area contributed by atoms with E-state index in [2.05, 4.69) is 13.5 Å². The molecule has 2 aromatic rings. The summed E-state index contributed by atoms with van der Waals surface area (Å²) in [6.07, 6.45) is 3.29. The third-order valence-corrected chi connectivity index (χ3v) is 7.77. The van der Waals surface area contributed by atoms with Crippen LogP contribution >= 0.6 is 0 Å². The second-order valence-electron chi connectivity index (χ2n) is 8.88. The van der Waals surface area contributed by atoms with Gasteiger partial charge in [-0.25, -0.2) is 8.42 Å². The summed E-state index contributed by atoms with van der Waals surface area (Å²) >= 11 is 0. The van der Waals surface area contributed by atoms with Gasteiger partial charge in [-0.15, -0.1) is 0 Å². The van der Waals surface area contributed by atoms with Crippen molar-refractivity contribution in [3.05, 3.63) is 53.1 Å². The molecule has 1 aliphatic heterocycles. The van der Waals surface area contributed by atoms with Crippen LogP contribution in [0.1, 0.15) is 60.2 Å². The number of amides is 1. The third-order valence-electron chi connectivity index (χ3n) is 6.16. The minimum Gasteiger partial charge on any atom is -0.507 e. The number of hydrogen-bond donors (Lipinski definition) is 2. The van der Waals surface area contributed by atoms with E-state index in [9.17, 15) is 23.4 Å². The lowest BCUT2D eigenvalue weighted by molar-refractivity contribution is 0.0766. The number of phenols is 2. The Morgan fingerprint density at radius 3 is 2.39 bits per heavy atom. The first-order valence-electron chi connectivity index (χ1n) is 11.4. The van der Waals surface area contributed by atoms with Gasteiger partial charge in [0.05, 0.1) is 22.6 Å². The average Bonchev–Trinajstić information content (AvgIpc) is 2.73. The molecule has 1 fully saturated rings. The largest absolute Gasteiger partial charge is 0.507 e. The molecule has 7 heteroatoms. The highest BCUT2D eigenvalue weighted by Crippen LogP contribution is 2.45. The Labute approximate surface area is 196 Å². The van der Waals surface area contributed by atoms with E-state index in [0.717, 1.165) is 36.0 Å². The van der Waals surface area contributed by atoms with Gasteiger partial charge in [0, 0.05) is 13.1 Å². The number of aromatic hydroxyl groups is 2. The molecular formula is C26H33NO5S. The summed E-state index contributed by atoms with van der Waals surface area (Å²) in [7, 11) is -3.15. The van der Waals surface area contributed by atoms with Crippen LogP contribution in [-0.2, 0) is 16.3 Å². The first-order valence-corrected chi connectivity index (χ1v) is 13.2. The Morgan fingerprint density at radius 1 is 1.12 bits per heavy atom. The molecule has 2 aromatic carbocycles. The van der Waals surface area contributed by atoms with Gasteiger partial charge >= 0.3 is 0 Å². The van der Waals surface area contributed by atoms with Crippen LogP contribution in [0.5, 0.6) is 11.5 Å². The predicted octanol–water partition coefficient (Wildman–Crippen LogP) is 4.71. The Kier molecular flexibility index (Phi) is 7.52. The molecule has 0 aromatic heterocycles. The van der Waals surface area contributed by atoms with E-state index in [0.29, 0.717) is 17.5 Å². The lowest BCUT2D eigenvalue weighted by Gasteiger charge is -2.28. The van der Waals surface area contributed by atoms with Gasteiger partial charge < -0.3 is 15.1 Å². The van der Waals surface area contributed by atoms with Crippen LogP contribution in [0, 0.1) is 6.92 Å². The van der Waals surface area contributed by atoms with Crippen LogP contribution in [0.3, 0.4) is 0 Å². The summed E-state index contributed by atoms with van der Waals surface area (Å²) in [6.45, 7) is 10.0. The molecule has 0 aliphatic carbocycles. The fraction of sp³-hybridized carbons (Fsp3) is 0.423. The van der Waals surface area contributed by atoms with Gasteiger partial charge in [0.15, 0.2) is 9.84 Å². The summed E-state index contributed by atoms with van der Waals surface area (Å²) in [6, 6.07) is 7.25. The first-order chi connectivity index (χ1) is 15.6. The number of carbonyl (C=O) groups excluding carboxylic acids is 1. The van der Waals surface area contributed by atoms with Gasteiger partial charge in [0.1, 0.15) is 11.5 Å². The van der Waals surface area contributed by atoms with Gasteiger partial charge in [-0.1, -0.05) is 55.7 Å². The molecule has 178 valence electrons. The van der Waals surface area contributed by atoms with Crippen LogP contribution in [0.4, 0.5) is 0 Å². The number of unbranched alkanes of at least 4 members (excludes halogenated alkanes) is 2. The van der Waals surface area contributed by atoms with Crippen molar-refractivity contribution in [1.82, 2.24) is 4.90 Å². The molecule has 0 spiro atoms. The highest BCUT2D eigenvalue weighted by atomic mass is 32.2. The molecule has 0 radical (unpaired) electrons. The van der Waals surface area contributed by atoms with Crippen LogP contribution in [0.25, 0.3) is 16.7 Å². The smallest absolute Gasteiger partial charge is 0.257 e. The lowest BCUT2D eigenvalue weighted by atomic mass is 9.88. The maximum Gasteiger partial charge on any atom is 0.257 e. The van der Waals surface area contributed by atoms with Crippen LogP contribution < -0.4 is 0 Å². The molecule has 1 amide bonds. The predicted molar refractivity (Wildman–Crippen MR) is 132 cm³/mol. The summed E-state index contributed by atoms with van der Waals surface area (Å²) in [5.41, 5.74) is 4.00. The molecule has 6 nitrogen and oxygen atoms in total. The van der Waals surface area contributed by atoms with Crippen molar-refractivity contribution in [2.75, 3.05) is 24.6 Å². The molecule has 1 heterocycles.